The highest BCUT2D eigenvalue weighted by Gasteiger charge is 2.12. The first-order valence-electron chi connectivity index (χ1n) is 10.8. The summed E-state index contributed by atoms with van der Waals surface area (Å²) in [5, 5.41) is 4.33. The Labute approximate surface area is 203 Å². The van der Waals surface area contributed by atoms with Crippen LogP contribution in [0.4, 0.5) is 0 Å². The highest BCUT2D eigenvalue weighted by molar-refractivity contribution is 6.32. The molecule has 0 bridgehead atoms. The minimum absolute atomic E-state index is 0.133. The quantitative estimate of drug-likeness (QED) is 0.335. The van der Waals surface area contributed by atoms with Gasteiger partial charge in [-0.3, -0.25) is 4.79 Å². The van der Waals surface area contributed by atoms with E-state index in [0.29, 0.717) is 36.7 Å². The van der Waals surface area contributed by atoms with Crippen LogP contribution in [0, 0.1) is 13.8 Å². The lowest BCUT2D eigenvalue weighted by Crippen LogP contribution is -2.26. The van der Waals surface area contributed by atoms with Crippen LogP contribution in [0.1, 0.15) is 27.3 Å². The van der Waals surface area contributed by atoms with E-state index in [1.165, 1.54) is 0 Å². The fourth-order valence-corrected chi connectivity index (χ4v) is 4.04. The lowest BCUT2D eigenvalue weighted by Gasteiger charge is -2.13. The minimum atomic E-state index is -0.133. The Kier molecular flexibility index (Phi) is 7.21. The molecule has 1 aromatic heterocycles. The number of aromatic nitrogens is 2. The molecule has 3 aromatic carbocycles. The van der Waals surface area contributed by atoms with E-state index in [-0.39, 0.29) is 5.91 Å². The number of carbonyl (C=O) groups is 1. The van der Waals surface area contributed by atoms with Crippen molar-refractivity contribution >= 4 is 40.1 Å². The molecule has 1 heterocycles. The average Bonchev–Trinajstić information content (AvgIpc) is 3.15. The molecule has 1 amide bonds. The van der Waals surface area contributed by atoms with Crippen molar-refractivity contribution in [2.75, 3.05) is 13.2 Å². The molecule has 170 valence electrons. The second-order valence-electron chi connectivity index (χ2n) is 7.90. The van der Waals surface area contributed by atoms with Crippen molar-refractivity contribution in [3.63, 3.8) is 0 Å². The molecule has 7 heteroatoms. The van der Waals surface area contributed by atoms with Crippen LogP contribution in [0.5, 0.6) is 5.75 Å². The van der Waals surface area contributed by atoms with Gasteiger partial charge in [0.25, 0.3) is 5.91 Å². The number of carbonyl (C=O) groups excluding carboxylic acids is 1. The first-order chi connectivity index (χ1) is 15.9. The Morgan fingerprint density at radius 2 is 1.73 bits per heavy atom. The third kappa shape index (κ3) is 5.49. The molecule has 33 heavy (non-hydrogen) atoms. The highest BCUT2D eigenvalue weighted by atomic mass is 35.5. The number of halogens is 2. The van der Waals surface area contributed by atoms with E-state index in [9.17, 15) is 4.79 Å². The van der Waals surface area contributed by atoms with Crippen LogP contribution in [0.15, 0.2) is 60.7 Å². The molecule has 0 aliphatic rings. The van der Waals surface area contributed by atoms with Gasteiger partial charge in [0.05, 0.1) is 17.6 Å². The van der Waals surface area contributed by atoms with Gasteiger partial charge in [0.2, 0.25) is 0 Å². The Balaban J connectivity index is 1.43. The monoisotopic (exact) mass is 481 g/mol. The summed E-state index contributed by atoms with van der Waals surface area (Å²) < 4.78 is 8.17. The van der Waals surface area contributed by atoms with Crippen molar-refractivity contribution in [2.24, 2.45) is 0 Å². The van der Waals surface area contributed by atoms with Crippen LogP contribution in [0.2, 0.25) is 10.0 Å². The van der Waals surface area contributed by atoms with Crippen LogP contribution in [0.3, 0.4) is 0 Å². The Morgan fingerprint density at radius 3 is 2.45 bits per heavy atom. The fraction of sp³-hybridized carbons (Fsp3) is 0.231. The summed E-state index contributed by atoms with van der Waals surface area (Å²) in [5.41, 5.74) is 4.54. The molecule has 0 atom stereocenters. The van der Waals surface area contributed by atoms with E-state index >= 15 is 0 Å². The standard InChI is InChI=1S/C26H25Cl2N3O2/c1-17-15-21(16-18(2)25(17)28)33-14-13-31-23-6-4-3-5-22(23)30-24(31)11-12-29-26(32)19-7-9-20(27)10-8-19/h3-10,15-16H,11-14H2,1-2H3,(H,29,32). The number of ether oxygens (including phenoxy) is 1. The first-order valence-corrected chi connectivity index (χ1v) is 11.6. The molecule has 5 nitrogen and oxygen atoms in total. The summed E-state index contributed by atoms with van der Waals surface area (Å²) in [6, 6.07) is 18.8. The Morgan fingerprint density at radius 1 is 1.03 bits per heavy atom. The van der Waals surface area contributed by atoms with E-state index in [0.717, 1.165) is 38.8 Å². The molecular weight excluding hydrogens is 457 g/mol. The normalized spacial score (nSPS) is 11.0. The predicted molar refractivity (Wildman–Crippen MR) is 134 cm³/mol. The predicted octanol–water partition coefficient (Wildman–Crippen LogP) is 6.01. The van der Waals surface area contributed by atoms with E-state index in [4.69, 9.17) is 32.9 Å². The number of hydrogen-bond acceptors (Lipinski definition) is 3. The largest absolute Gasteiger partial charge is 0.492 e. The summed E-state index contributed by atoms with van der Waals surface area (Å²) in [5.74, 6) is 1.57. The summed E-state index contributed by atoms with van der Waals surface area (Å²) in [7, 11) is 0. The summed E-state index contributed by atoms with van der Waals surface area (Å²) in [6.45, 7) is 5.55. The smallest absolute Gasteiger partial charge is 0.251 e. The van der Waals surface area contributed by atoms with E-state index in [1.807, 2.05) is 44.2 Å². The molecule has 0 fully saturated rings. The van der Waals surface area contributed by atoms with E-state index in [1.54, 1.807) is 24.3 Å². The van der Waals surface area contributed by atoms with Gasteiger partial charge in [-0.25, -0.2) is 4.98 Å². The Hall–Kier alpha value is -3.02. The summed E-state index contributed by atoms with van der Waals surface area (Å²) in [6.07, 6.45) is 0.604. The van der Waals surface area contributed by atoms with Gasteiger partial charge < -0.3 is 14.6 Å². The van der Waals surface area contributed by atoms with Gasteiger partial charge in [0.1, 0.15) is 18.2 Å². The molecule has 0 saturated carbocycles. The molecule has 4 rings (SSSR count). The van der Waals surface area contributed by atoms with Crippen molar-refractivity contribution < 1.29 is 9.53 Å². The van der Waals surface area contributed by atoms with Gasteiger partial charge in [0.15, 0.2) is 0 Å². The molecule has 0 unspecified atom stereocenters. The molecule has 0 radical (unpaired) electrons. The van der Waals surface area contributed by atoms with Crippen LogP contribution in [-0.2, 0) is 13.0 Å². The van der Waals surface area contributed by atoms with Crippen molar-refractivity contribution in [1.29, 1.82) is 0 Å². The van der Waals surface area contributed by atoms with Gasteiger partial charge >= 0.3 is 0 Å². The molecule has 1 N–H and O–H groups in total. The molecule has 0 aliphatic carbocycles. The average molecular weight is 482 g/mol. The third-order valence-electron chi connectivity index (χ3n) is 5.47. The van der Waals surface area contributed by atoms with Crippen molar-refractivity contribution in [3.8, 4) is 5.75 Å². The van der Waals surface area contributed by atoms with Gasteiger partial charge in [-0.05, 0) is 73.5 Å². The number of rotatable bonds is 8. The number of amides is 1. The van der Waals surface area contributed by atoms with Crippen LogP contribution >= 0.6 is 23.2 Å². The molecule has 4 aromatic rings. The number of imidazole rings is 1. The van der Waals surface area contributed by atoms with Gasteiger partial charge in [-0.1, -0.05) is 35.3 Å². The maximum absolute atomic E-state index is 12.4. The first kappa shape index (κ1) is 23.1. The number of para-hydroxylation sites is 2. The molecular formula is C26H25Cl2N3O2. The second kappa shape index (κ2) is 10.3. The van der Waals surface area contributed by atoms with Gasteiger partial charge in [0, 0.05) is 28.6 Å². The SMILES string of the molecule is Cc1cc(OCCn2c(CCNC(=O)c3ccc(Cl)cc3)nc3ccccc32)cc(C)c1Cl. The molecule has 0 aliphatic heterocycles. The molecule has 0 saturated heterocycles. The number of aryl methyl sites for hydroxylation is 2. The maximum atomic E-state index is 12.4. The van der Waals surface area contributed by atoms with Gasteiger partial charge in [-0.15, -0.1) is 0 Å². The Bertz CT molecular complexity index is 1260. The van der Waals surface area contributed by atoms with Gasteiger partial charge in [-0.2, -0.15) is 0 Å². The number of hydrogen-bond donors (Lipinski definition) is 1. The van der Waals surface area contributed by atoms with Crippen LogP contribution in [-0.4, -0.2) is 28.6 Å². The van der Waals surface area contributed by atoms with Crippen molar-refractivity contribution in [1.82, 2.24) is 14.9 Å². The zero-order valence-corrected chi connectivity index (χ0v) is 20.1. The number of benzene rings is 3. The van der Waals surface area contributed by atoms with E-state index < -0.39 is 0 Å². The lowest BCUT2D eigenvalue weighted by atomic mass is 10.1. The van der Waals surface area contributed by atoms with Crippen molar-refractivity contribution in [3.05, 3.63) is 93.2 Å². The number of fused-ring (bicyclic) bond motifs is 1. The van der Waals surface area contributed by atoms with Crippen molar-refractivity contribution in [2.45, 2.75) is 26.8 Å². The third-order valence-corrected chi connectivity index (χ3v) is 6.32. The summed E-state index contributed by atoms with van der Waals surface area (Å²) in [4.78, 5) is 17.2. The topological polar surface area (TPSA) is 56.1 Å². The fourth-order valence-electron chi connectivity index (χ4n) is 3.80. The zero-order chi connectivity index (χ0) is 23.4. The van der Waals surface area contributed by atoms with Crippen LogP contribution in [0.25, 0.3) is 11.0 Å². The summed E-state index contributed by atoms with van der Waals surface area (Å²) >= 11 is 12.2. The number of nitrogens with zero attached hydrogens (tertiary/aromatic N) is 2. The second-order valence-corrected chi connectivity index (χ2v) is 8.72. The zero-order valence-electron chi connectivity index (χ0n) is 18.6. The van der Waals surface area contributed by atoms with E-state index in [2.05, 4.69) is 16.0 Å². The number of nitrogens with one attached hydrogen (secondary N) is 1. The molecule has 0 spiro atoms. The highest BCUT2D eigenvalue weighted by Crippen LogP contribution is 2.26. The van der Waals surface area contributed by atoms with Crippen LogP contribution < -0.4 is 10.1 Å². The minimum Gasteiger partial charge on any atom is -0.492 e. The maximum Gasteiger partial charge on any atom is 0.251 e. The lowest BCUT2D eigenvalue weighted by molar-refractivity contribution is 0.0954.